The molecule has 0 aliphatic rings. The van der Waals surface area contributed by atoms with Gasteiger partial charge in [-0.3, -0.25) is 4.79 Å². The van der Waals surface area contributed by atoms with E-state index in [0.717, 1.165) is 0 Å². The zero-order valence-electron chi connectivity index (χ0n) is 10.4. The van der Waals surface area contributed by atoms with E-state index in [2.05, 4.69) is 16.0 Å². The number of halogens is 4. The summed E-state index contributed by atoms with van der Waals surface area (Å²) in [5.41, 5.74) is 0.479. The summed E-state index contributed by atoms with van der Waals surface area (Å²) >= 11 is 22.0. The van der Waals surface area contributed by atoms with Crippen molar-refractivity contribution >= 4 is 63.7 Å². The second-order valence-electron chi connectivity index (χ2n) is 3.82. The smallest absolute Gasteiger partial charge is 0.253 e. The number of anilines is 1. The number of amides is 1. The standard InChI is InChI=1S/C11H11Cl3FN3O2S/c12-11(13,14)9(17-8(20)5-15)18-10(21)16-6-2-1-3-7(19)4-6/h1-4,9,19H,5H2,(H,17,20)(H2,16,18,21)/t9-/m1/s1. The third kappa shape index (κ3) is 6.52. The van der Waals surface area contributed by atoms with Crippen molar-refractivity contribution in [3.63, 3.8) is 0 Å². The highest BCUT2D eigenvalue weighted by molar-refractivity contribution is 7.80. The number of aromatic hydroxyl groups is 1. The van der Waals surface area contributed by atoms with Crippen LogP contribution in [0.2, 0.25) is 0 Å². The highest BCUT2D eigenvalue weighted by Crippen LogP contribution is 2.29. The minimum absolute atomic E-state index is 0.0103. The van der Waals surface area contributed by atoms with E-state index in [9.17, 15) is 14.3 Å². The molecule has 0 unspecified atom stereocenters. The van der Waals surface area contributed by atoms with Crippen LogP contribution in [-0.2, 0) is 4.79 Å². The topological polar surface area (TPSA) is 73.4 Å². The van der Waals surface area contributed by atoms with Crippen LogP contribution in [0.4, 0.5) is 10.1 Å². The molecule has 0 bridgehead atoms. The normalized spacial score (nSPS) is 12.4. The SMILES string of the molecule is O=C(CF)N[C@H](NC(=S)Nc1cccc(O)c1)C(Cl)(Cl)Cl. The predicted molar refractivity (Wildman–Crippen MR) is 85.7 cm³/mol. The fourth-order valence-electron chi connectivity index (χ4n) is 1.28. The summed E-state index contributed by atoms with van der Waals surface area (Å²) < 4.78 is 10.3. The van der Waals surface area contributed by atoms with Crippen LogP contribution in [0.15, 0.2) is 24.3 Å². The van der Waals surface area contributed by atoms with Crippen LogP contribution >= 0.6 is 47.0 Å². The Kier molecular flexibility index (Phi) is 6.73. The van der Waals surface area contributed by atoms with Crippen LogP contribution in [-0.4, -0.2) is 32.8 Å². The summed E-state index contributed by atoms with van der Waals surface area (Å²) in [5.74, 6) is -0.926. The molecule has 1 aromatic rings. The summed E-state index contributed by atoms with van der Waals surface area (Å²) in [6, 6.07) is 6.13. The molecule has 0 saturated carbocycles. The quantitative estimate of drug-likeness (QED) is 0.370. The molecular formula is C11H11Cl3FN3O2S. The van der Waals surface area contributed by atoms with Gasteiger partial charge in [0, 0.05) is 11.8 Å². The first-order valence-electron chi connectivity index (χ1n) is 5.51. The van der Waals surface area contributed by atoms with Crippen molar-refractivity contribution in [1.29, 1.82) is 0 Å². The highest BCUT2D eigenvalue weighted by Gasteiger charge is 2.34. The molecule has 0 radical (unpaired) electrons. The van der Waals surface area contributed by atoms with Gasteiger partial charge in [0.1, 0.15) is 11.9 Å². The van der Waals surface area contributed by atoms with Crippen molar-refractivity contribution in [3.05, 3.63) is 24.3 Å². The van der Waals surface area contributed by atoms with Crippen molar-refractivity contribution in [1.82, 2.24) is 10.6 Å². The maximum Gasteiger partial charge on any atom is 0.253 e. The van der Waals surface area contributed by atoms with Gasteiger partial charge in [-0.25, -0.2) is 4.39 Å². The van der Waals surface area contributed by atoms with E-state index in [4.69, 9.17) is 47.0 Å². The maximum absolute atomic E-state index is 12.2. The van der Waals surface area contributed by atoms with E-state index < -0.39 is 22.5 Å². The molecule has 21 heavy (non-hydrogen) atoms. The Morgan fingerprint density at radius 1 is 1.38 bits per heavy atom. The Bertz CT molecular complexity index is 528. The predicted octanol–water partition coefficient (Wildman–Crippen LogP) is 2.46. The van der Waals surface area contributed by atoms with Crippen LogP contribution in [0.25, 0.3) is 0 Å². The average Bonchev–Trinajstić information content (AvgIpc) is 2.36. The van der Waals surface area contributed by atoms with E-state index >= 15 is 0 Å². The van der Waals surface area contributed by atoms with Crippen molar-refractivity contribution in [2.24, 2.45) is 0 Å². The summed E-state index contributed by atoms with van der Waals surface area (Å²) in [5, 5.41) is 16.7. The molecule has 0 aromatic heterocycles. The summed E-state index contributed by atoms with van der Waals surface area (Å²) in [4.78, 5) is 11.1. The van der Waals surface area contributed by atoms with Gasteiger partial charge in [-0.2, -0.15) is 0 Å². The minimum atomic E-state index is -1.95. The molecule has 1 atom stereocenters. The maximum atomic E-state index is 12.2. The number of carbonyl (C=O) groups excluding carboxylic acids is 1. The molecule has 0 fully saturated rings. The second-order valence-corrected chi connectivity index (χ2v) is 6.60. The van der Waals surface area contributed by atoms with Crippen LogP contribution < -0.4 is 16.0 Å². The number of hydrogen-bond donors (Lipinski definition) is 4. The van der Waals surface area contributed by atoms with Gasteiger partial charge in [0.05, 0.1) is 0 Å². The van der Waals surface area contributed by atoms with Gasteiger partial charge < -0.3 is 21.1 Å². The summed E-state index contributed by atoms with van der Waals surface area (Å²) in [6.07, 6.45) is -1.23. The van der Waals surface area contributed by atoms with Gasteiger partial charge in [-0.1, -0.05) is 40.9 Å². The molecule has 0 heterocycles. The number of thiocarbonyl (C=S) groups is 1. The molecule has 0 aliphatic carbocycles. The fourth-order valence-corrected chi connectivity index (χ4v) is 1.84. The van der Waals surface area contributed by atoms with Crippen molar-refractivity contribution in [2.75, 3.05) is 12.0 Å². The molecule has 116 valence electrons. The van der Waals surface area contributed by atoms with E-state index in [1.165, 1.54) is 12.1 Å². The number of rotatable bonds is 4. The molecule has 0 spiro atoms. The number of benzene rings is 1. The number of hydrogen-bond acceptors (Lipinski definition) is 3. The van der Waals surface area contributed by atoms with E-state index in [0.29, 0.717) is 5.69 Å². The Balaban J connectivity index is 2.70. The average molecular weight is 375 g/mol. The molecular weight excluding hydrogens is 364 g/mol. The van der Waals surface area contributed by atoms with Gasteiger partial charge in [0.2, 0.25) is 3.79 Å². The monoisotopic (exact) mass is 373 g/mol. The minimum Gasteiger partial charge on any atom is -0.508 e. The lowest BCUT2D eigenvalue weighted by molar-refractivity contribution is -0.122. The Morgan fingerprint density at radius 3 is 2.57 bits per heavy atom. The molecule has 0 saturated heterocycles. The van der Waals surface area contributed by atoms with Gasteiger partial charge in [-0.05, 0) is 24.4 Å². The first-order chi connectivity index (χ1) is 9.72. The Morgan fingerprint density at radius 2 is 2.05 bits per heavy atom. The van der Waals surface area contributed by atoms with Gasteiger partial charge in [0.25, 0.3) is 5.91 Å². The fraction of sp³-hybridized carbons (Fsp3) is 0.273. The van der Waals surface area contributed by atoms with Gasteiger partial charge >= 0.3 is 0 Å². The summed E-state index contributed by atoms with van der Waals surface area (Å²) in [7, 11) is 0. The van der Waals surface area contributed by atoms with Crippen molar-refractivity contribution in [3.8, 4) is 5.75 Å². The van der Waals surface area contributed by atoms with Crippen LogP contribution in [0.1, 0.15) is 0 Å². The van der Waals surface area contributed by atoms with E-state index in [1.807, 2.05) is 0 Å². The van der Waals surface area contributed by atoms with Crippen LogP contribution in [0, 0.1) is 0 Å². The molecule has 1 rings (SSSR count). The highest BCUT2D eigenvalue weighted by atomic mass is 35.6. The van der Waals surface area contributed by atoms with E-state index in [-0.39, 0.29) is 10.9 Å². The lowest BCUT2D eigenvalue weighted by atomic mass is 10.3. The molecule has 1 amide bonds. The van der Waals surface area contributed by atoms with Crippen molar-refractivity contribution in [2.45, 2.75) is 9.96 Å². The molecule has 5 nitrogen and oxygen atoms in total. The second kappa shape index (κ2) is 7.84. The number of phenolic OH excluding ortho intramolecular Hbond substituents is 1. The molecule has 4 N–H and O–H groups in total. The number of phenols is 1. The molecule has 1 aromatic carbocycles. The lowest BCUT2D eigenvalue weighted by Crippen LogP contribution is -2.56. The lowest BCUT2D eigenvalue weighted by Gasteiger charge is -2.27. The third-order valence-corrected chi connectivity index (χ3v) is 3.01. The van der Waals surface area contributed by atoms with Crippen LogP contribution in [0.3, 0.4) is 0 Å². The number of alkyl halides is 4. The Labute approximate surface area is 140 Å². The number of carbonyl (C=O) groups is 1. The van der Waals surface area contributed by atoms with Gasteiger partial charge in [-0.15, -0.1) is 0 Å². The largest absolute Gasteiger partial charge is 0.508 e. The first-order valence-corrected chi connectivity index (χ1v) is 7.05. The van der Waals surface area contributed by atoms with Crippen LogP contribution in [0.5, 0.6) is 5.75 Å². The molecule has 0 aliphatic heterocycles. The molecule has 10 heteroatoms. The summed E-state index contributed by atoms with van der Waals surface area (Å²) in [6.45, 7) is -1.26. The zero-order chi connectivity index (χ0) is 16.0. The van der Waals surface area contributed by atoms with E-state index in [1.54, 1.807) is 12.1 Å². The van der Waals surface area contributed by atoms with Gasteiger partial charge in [0.15, 0.2) is 11.8 Å². The number of nitrogens with one attached hydrogen (secondary N) is 3. The Hall–Kier alpha value is -1.02. The van der Waals surface area contributed by atoms with Crippen molar-refractivity contribution < 1.29 is 14.3 Å². The zero-order valence-corrected chi connectivity index (χ0v) is 13.5. The first kappa shape index (κ1) is 18.0. The third-order valence-electron chi connectivity index (χ3n) is 2.13.